The monoisotopic (exact) mass is 265 g/mol. The van der Waals surface area contributed by atoms with E-state index in [4.69, 9.17) is 0 Å². The first-order valence-corrected chi connectivity index (χ1v) is 7.16. The first-order valence-electron chi connectivity index (χ1n) is 7.16. The fraction of sp³-hybridized carbons (Fsp3) is 0.769. The molecule has 6 heteroatoms. The van der Waals surface area contributed by atoms with E-state index in [1.807, 2.05) is 6.20 Å². The zero-order chi connectivity index (χ0) is 13.3. The highest BCUT2D eigenvalue weighted by Crippen LogP contribution is 2.17. The SMILES string of the molecule is O=C(CCC1CCNCC1)NCCCn1ccnn1. The topological polar surface area (TPSA) is 71.8 Å². The quantitative estimate of drug-likeness (QED) is 0.707. The minimum absolute atomic E-state index is 0.178. The molecule has 0 unspecified atom stereocenters. The molecule has 1 aliphatic heterocycles. The number of aryl methyl sites for hydroxylation is 1. The predicted octanol–water partition coefficient (Wildman–Crippen LogP) is 0.564. The minimum atomic E-state index is 0.178. The van der Waals surface area contributed by atoms with E-state index in [-0.39, 0.29) is 5.91 Å². The van der Waals surface area contributed by atoms with Gasteiger partial charge in [0.15, 0.2) is 0 Å². The van der Waals surface area contributed by atoms with E-state index in [0.29, 0.717) is 13.0 Å². The normalized spacial score (nSPS) is 16.4. The van der Waals surface area contributed by atoms with Crippen molar-refractivity contribution in [2.45, 2.75) is 38.6 Å². The number of piperidine rings is 1. The summed E-state index contributed by atoms with van der Waals surface area (Å²) in [6, 6.07) is 0. The summed E-state index contributed by atoms with van der Waals surface area (Å²) in [5, 5.41) is 13.9. The largest absolute Gasteiger partial charge is 0.356 e. The molecule has 0 spiro atoms. The summed E-state index contributed by atoms with van der Waals surface area (Å²) in [6.45, 7) is 3.72. The van der Waals surface area contributed by atoms with Crippen molar-refractivity contribution in [2.75, 3.05) is 19.6 Å². The first kappa shape index (κ1) is 14.0. The Kier molecular flexibility index (Phi) is 5.81. The second-order valence-electron chi connectivity index (χ2n) is 5.10. The molecule has 0 aromatic carbocycles. The van der Waals surface area contributed by atoms with E-state index >= 15 is 0 Å². The number of nitrogens with one attached hydrogen (secondary N) is 2. The summed E-state index contributed by atoms with van der Waals surface area (Å²) >= 11 is 0. The van der Waals surface area contributed by atoms with Crippen molar-refractivity contribution < 1.29 is 4.79 Å². The van der Waals surface area contributed by atoms with Crippen LogP contribution in [0, 0.1) is 5.92 Å². The van der Waals surface area contributed by atoms with Gasteiger partial charge in [0.2, 0.25) is 5.91 Å². The Morgan fingerprint density at radius 1 is 1.42 bits per heavy atom. The fourth-order valence-corrected chi connectivity index (χ4v) is 2.41. The maximum Gasteiger partial charge on any atom is 0.220 e. The number of carbonyl (C=O) groups is 1. The summed E-state index contributed by atoms with van der Waals surface area (Å²) < 4.78 is 1.78. The maximum atomic E-state index is 11.7. The highest BCUT2D eigenvalue weighted by Gasteiger charge is 2.14. The van der Waals surface area contributed by atoms with Crippen LogP contribution in [-0.2, 0) is 11.3 Å². The van der Waals surface area contributed by atoms with E-state index in [0.717, 1.165) is 38.4 Å². The lowest BCUT2D eigenvalue weighted by Crippen LogP contribution is -2.29. The molecule has 2 N–H and O–H groups in total. The van der Waals surface area contributed by atoms with Gasteiger partial charge >= 0.3 is 0 Å². The maximum absolute atomic E-state index is 11.7. The molecule has 1 saturated heterocycles. The van der Waals surface area contributed by atoms with Crippen molar-refractivity contribution >= 4 is 5.91 Å². The van der Waals surface area contributed by atoms with E-state index in [2.05, 4.69) is 20.9 Å². The van der Waals surface area contributed by atoms with Crippen LogP contribution in [0.2, 0.25) is 0 Å². The van der Waals surface area contributed by atoms with Crippen LogP contribution in [-0.4, -0.2) is 40.5 Å². The highest BCUT2D eigenvalue weighted by atomic mass is 16.1. The molecule has 1 amide bonds. The number of amides is 1. The molecule has 1 fully saturated rings. The van der Waals surface area contributed by atoms with E-state index in [9.17, 15) is 4.79 Å². The van der Waals surface area contributed by atoms with Gasteiger partial charge in [-0.3, -0.25) is 9.48 Å². The van der Waals surface area contributed by atoms with E-state index in [1.54, 1.807) is 10.9 Å². The highest BCUT2D eigenvalue weighted by molar-refractivity contribution is 5.75. The summed E-state index contributed by atoms with van der Waals surface area (Å²) in [5.74, 6) is 0.902. The molecule has 0 radical (unpaired) electrons. The Balaban J connectivity index is 1.49. The number of nitrogens with zero attached hydrogens (tertiary/aromatic N) is 3. The lowest BCUT2D eigenvalue weighted by atomic mass is 9.93. The molecule has 19 heavy (non-hydrogen) atoms. The molecule has 0 atom stereocenters. The summed E-state index contributed by atoms with van der Waals surface area (Å²) in [7, 11) is 0. The van der Waals surface area contributed by atoms with Gasteiger partial charge < -0.3 is 10.6 Å². The van der Waals surface area contributed by atoms with Crippen molar-refractivity contribution in [2.24, 2.45) is 5.92 Å². The Morgan fingerprint density at radius 3 is 3.00 bits per heavy atom. The number of hydrogen-bond donors (Lipinski definition) is 2. The third-order valence-corrected chi connectivity index (χ3v) is 3.60. The molecule has 2 heterocycles. The summed E-state index contributed by atoms with van der Waals surface area (Å²) in [6.07, 6.45) is 8.49. The van der Waals surface area contributed by atoms with Gasteiger partial charge in [-0.1, -0.05) is 5.21 Å². The molecular formula is C13H23N5O. The van der Waals surface area contributed by atoms with Crippen LogP contribution >= 0.6 is 0 Å². The van der Waals surface area contributed by atoms with Crippen LogP contribution < -0.4 is 10.6 Å². The van der Waals surface area contributed by atoms with Crippen molar-refractivity contribution in [1.82, 2.24) is 25.6 Å². The van der Waals surface area contributed by atoms with Crippen LogP contribution in [0.1, 0.15) is 32.1 Å². The Labute approximate surface area is 113 Å². The number of rotatable bonds is 7. The Morgan fingerprint density at radius 2 is 2.26 bits per heavy atom. The Hall–Kier alpha value is -1.43. The molecule has 0 bridgehead atoms. The van der Waals surface area contributed by atoms with Crippen LogP contribution in [0.5, 0.6) is 0 Å². The van der Waals surface area contributed by atoms with E-state index in [1.165, 1.54) is 12.8 Å². The molecule has 1 aromatic heterocycles. The smallest absolute Gasteiger partial charge is 0.220 e. The number of carbonyl (C=O) groups excluding carboxylic acids is 1. The average molecular weight is 265 g/mol. The summed E-state index contributed by atoms with van der Waals surface area (Å²) in [5.41, 5.74) is 0. The minimum Gasteiger partial charge on any atom is -0.356 e. The zero-order valence-corrected chi connectivity index (χ0v) is 11.3. The summed E-state index contributed by atoms with van der Waals surface area (Å²) in [4.78, 5) is 11.7. The van der Waals surface area contributed by atoms with Gasteiger partial charge in [0, 0.05) is 25.7 Å². The van der Waals surface area contributed by atoms with Crippen LogP contribution in [0.15, 0.2) is 12.4 Å². The van der Waals surface area contributed by atoms with Gasteiger partial charge in [0.1, 0.15) is 0 Å². The van der Waals surface area contributed by atoms with Gasteiger partial charge in [0.05, 0.1) is 6.20 Å². The number of aromatic nitrogens is 3. The van der Waals surface area contributed by atoms with Gasteiger partial charge in [-0.2, -0.15) is 0 Å². The molecular weight excluding hydrogens is 242 g/mol. The van der Waals surface area contributed by atoms with Crippen LogP contribution in [0.3, 0.4) is 0 Å². The second-order valence-corrected chi connectivity index (χ2v) is 5.10. The lowest BCUT2D eigenvalue weighted by Gasteiger charge is -2.22. The van der Waals surface area contributed by atoms with Crippen molar-refractivity contribution in [1.29, 1.82) is 0 Å². The molecule has 0 aliphatic carbocycles. The molecule has 106 valence electrons. The van der Waals surface area contributed by atoms with Crippen molar-refractivity contribution in [3.8, 4) is 0 Å². The zero-order valence-electron chi connectivity index (χ0n) is 11.3. The average Bonchev–Trinajstić information content (AvgIpc) is 2.96. The molecule has 0 saturated carbocycles. The number of hydrogen-bond acceptors (Lipinski definition) is 4. The third kappa shape index (κ3) is 5.38. The molecule has 1 aliphatic rings. The molecule has 6 nitrogen and oxygen atoms in total. The van der Waals surface area contributed by atoms with Crippen LogP contribution in [0.25, 0.3) is 0 Å². The van der Waals surface area contributed by atoms with Crippen LogP contribution in [0.4, 0.5) is 0 Å². The standard InChI is InChI=1S/C13H23N5O/c19-13(3-2-12-4-7-14-8-5-12)15-6-1-10-18-11-9-16-17-18/h9,11-12,14H,1-8,10H2,(H,15,19). The van der Waals surface area contributed by atoms with Crippen molar-refractivity contribution in [3.63, 3.8) is 0 Å². The van der Waals surface area contributed by atoms with Gasteiger partial charge in [0.25, 0.3) is 0 Å². The lowest BCUT2D eigenvalue weighted by molar-refractivity contribution is -0.121. The predicted molar refractivity (Wildman–Crippen MR) is 72.5 cm³/mol. The van der Waals surface area contributed by atoms with Gasteiger partial charge in [-0.15, -0.1) is 5.10 Å². The van der Waals surface area contributed by atoms with Crippen molar-refractivity contribution in [3.05, 3.63) is 12.4 Å². The van der Waals surface area contributed by atoms with E-state index < -0.39 is 0 Å². The molecule has 1 aromatic rings. The molecule has 2 rings (SSSR count). The fourth-order valence-electron chi connectivity index (χ4n) is 2.41. The van der Waals surface area contributed by atoms with Gasteiger partial charge in [-0.25, -0.2) is 0 Å². The first-order chi connectivity index (χ1) is 9.34. The second kappa shape index (κ2) is 7.89. The Bertz CT molecular complexity index is 359. The third-order valence-electron chi connectivity index (χ3n) is 3.60. The van der Waals surface area contributed by atoms with Gasteiger partial charge in [-0.05, 0) is 44.7 Å².